The van der Waals surface area contributed by atoms with Gasteiger partial charge in [0, 0.05) is 32.0 Å². The molecular formula is C18H35N3O. The summed E-state index contributed by atoms with van der Waals surface area (Å²) in [4.78, 5) is 7.36. The molecule has 1 aromatic heterocycles. The first-order chi connectivity index (χ1) is 10.9. The molecule has 0 bridgehead atoms. The van der Waals surface area contributed by atoms with Gasteiger partial charge in [-0.3, -0.25) is 0 Å². The smallest absolute Gasteiger partial charge is 0.106 e. The summed E-state index contributed by atoms with van der Waals surface area (Å²) in [5, 5.41) is 3.47. The van der Waals surface area contributed by atoms with Gasteiger partial charge in [-0.1, -0.05) is 33.1 Å². The Morgan fingerprint density at radius 1 is 1.14 bits per heavy atom. The van der Waals surface area contributed by atoms with Crippen LogP contribution in [0, 0.1) is 5.92 Å². The molecule has 0 spiro atoms. The van der Waals surface area contributed by atoms with Crippen molar-refractivity contribution >= 4 is 0 Å². The Morgan fingerprint density at radius 3 is 2.73 bits per heavy atom. The number of aromatic amines is 1. The molecule has 0 aromatic carbocycles. The van der Waals surface area contributed by atoms with E-state index < -0.39 is 0 Å². The first kappa shape index (κ1) is 19.2. The summed E-state index contributed by atoms with van der Waals surface area (Å²) < 4.78 is 5.86. The maximum absolute atomic E-state index is 5.86. The molecule has 1 heterocycles. The van der Waals surface area contributed by atoms with E-state index in [1.54, 1.807) is 0 Å². The monoisotopic (exact) mass is 309 g/mol. The molecule has 0 radical (unpaired) electrons. The largest absolute Gasteiger partial charge is 0.381 e. The van der Waals surface area contributed by atoms with Crippen molar-refractivity contribution in [1.82, 2.24) is 15.3 Å². The molecule has 0 amide bonds. The van der Waals surface area contributed by atoms with E-state index in [9.17, 15) is 0 Å². The van der Waals surface area contributed by atoms with E-state index in [-0.39, 0.29) is 0 Å². The number of nitrogens with zero attached hydrogens (tertiary/aromatic N) is 1. The molecule has 4 nitrogen and oxygen atoms in total. The number of rotatable bonds is 15. The Bertz CT molecular complexity index is 327. The zero-order valence-corrected chi connectivity index (χ0v) is 14.6. The lowest BCUT2D eigenvalue weighted by atomic mass is 9.98. The van der Waals surface area contributed by atoms with Crippen molar-refractivity contribution in [3.05, 3.63) is 18.2 Å². The van der Waals surface area contributed by atoms with Crippen molar-refractivity contribution < 1.29 is 4.74 Å². The van der Waals surface area contributed by atoms with Crippen LogP contribution in [-0.2, 0) is 11.2 Å². The van der Waals surface area contributed by atoms with Crippen LogP contribution >= 0.6 is 0 Å². The van der Waals surface area contributed by atoms with Gasteiger partial charge in [-0.2, -0.15) is 0 Å². The summed E-state index contributed by atoms with van der Waals surface area (Å²) >= 11 is 0. The molecule has 1 rings (SSSR count). The number of hydrogen-bond donors (Lipinski definition) is 2. The quantitative estimate of drug-likeness (QED) is 0.482. The third-order valence-electron chi connectivity index (χ3n) is 3.98. The van der Waals surface area contributed by atoms with Gasteiger partial charge in [-0.15, -0.1) is 0 Å². The lowest BCUT2D eigenvalue weighted by molar-refractivity contribution is 0.0902. The molecule has 0 saturated carbocycles. The number of aromatic nitrogens is 2. The maximum Gasteiger partial charge on any atom is 0.106 e. The number of ether oxygens (including phenoxy) is 1. The molecule has 1 atom stereocenters. The number of hydrogen-bond acceptors (Lipinski definition) is 3. The van der Waals surface area contributed by atoms with Gasteiger partial charge in [-0.25, -0.2) is 4.98 Å². The van der Waals surface area contributed by atoms with E-state index >= 15 is 0 Å². The number of nitrogens with one attached hydrogen (secondary N) is 2. The summed E-state index contributed by atoms with van der Waals surface area (Å²) in [7, 11) is 0. The first-order valence-electron chi connectivity index (χ1n) is 9.13. The van der Waals surface area contributed by atoms with Crippen LogP contribution in [0.5, 0.6) is 0 Å². The Kier molecular flexibility index (Phi) is 12.0. The second-order valence-electron chi connectivity index (χ2n) is 6.11. The number of H-pyrrole nitrogens is 1. The molecular weight excluding hydrogens is 274 g/mol. The fourth-order valence-corrected chi connectivity index (χ4v) is 2.70. The molecule has 2 N–H and O–H groups in total. The van der Waals surface area contributed by atoms with Gasteiger partial charge in [-0.05, 0) is 44.7 Å². The van der Waals surface area contributed by atoms with Crippen molar-refractivity contribution in [3.8, 4) is 0 Å². The minimum Gasteiger partial charge on any atom is -0.381 e. The highest BCUT2D eigenvalue weighted by molar-refractivity contribution is 4.86. The Morgan fingerprint density at radius 2 is 2.00 bits per heavy atom. The van der Waals surface area contributed by atoms with Crippen LogP contribution in [0.3, 0.4) is 0 Å². The summed E-state index contributed by atoms with van der Waals surface area (Å²) in [6.07, 6.45) is 13.5. The molecule has 4 heteroatoms. The molecule has 0 aliphatic heterocycles. The third-order valence-corrected chi connectivity index (χ3v) is 3.98. The molecule has 0 aliphatic rings. The first-order valence-corrected chi connectivity index (χ1v) is 9.13. The van der Waals surface area contributed by atoms with E-state index in [2.05, 4.69) is 29.1 Å². The van der Waals surface area contributed by atoms with Gasteiger partial charge >= 0.3 is 0 Å². The molecule has 128 valence electrons. The molecule has 1 aromatic rings. The number of imidazole rings is 1. The molecule has 22 heavy (non-hydrogen) atoms. The fraction of sp³-hybridized carbons (Fsp3) is 0.833. The predicted octanol–water partition coefficient (Wildman–Crippen LogP) is 3.95. The average Bonchev–Trinajstić information content (AvgIpc) is 3.04. The molecule has 0 aliphatic carbocycles. The molecule has 0 saturated heterocycles. The van der Waals surface area contributed by atoms with Gasteiger partial charge in [0.05, 0.1) is 0 Å². The summed E-state index contributed by atoms with van der Waals surface area (Å²) in [6.45, 7) is 8.47. The van der Waals surface area contributed by atoms with Crippen LogP contribution in [0.4, 0.5) is 0 Å². The molecule has 0 fully saturated rings. The minimum absolute atomic E-state index is 0.770. The van der Waals surface area contributed by atoms with E-state index in [0.29, 0.717) is 0 Å². The predicted molar refractivity (Wildman–Crippen MR) is 93.1 cm³/mol. The maximum atomic E-state index is 5.86. The van der Waals surface area contributed by atoms with Crippen LogP contribution in [0.15, 0.2) is 12.4 Å². The van der Waals surface area contributed by atoms with Crippen LogP contribution in [-0.4, -0.2) is 36.3 Å². The highest BCUT2D eigenvalue weighted by Crippen LogP contribution is 2.15. The van der Waals surface area contributed by atoms with Gasteiger partial charge in [0.25, 0.3) is 0 Å². The van der Waals surface area contributed by atoms with Gasteiger partial charge in [0.2, 0.25) is 0 Å². The summed E-state index contributed by atoms with van der Waals surface area (Å²) in [5.41, 5.74) is 0. The van der Waals surface area contributed by atoms with Crippen LogP contribution < -0.4 is 5.32 Å². The van der Waals surface area contributed by atoms with Crippen LogP contribution in [0.1, 0.15) is 64.6 Å². The Balaban J connectivity index is 1.87. The van der Waals surface area contributed by atoms with Crippen molar-refractivity contribution in [3.63, 3.8) is 0 Å². The zero-order valence-electron chi connectivity index (χ0n) is 14.6. The van der Waals surface area contributed by atoms with Crippen molar-refractivity contribution in [2.24, 2.45) is 5.92 Å². The van der Waals surface area contributed by atoms with E-state index in [4.69, 9.17) is 4.74 Å². The van der Waals surface area contributed by atoms with Crippen molar-refractivity contribution in [1.29, 1.82) is 0 Å². The van der Waals surface area contributed by atoms with E-state index in [0.717, 1.165) is 57.3 Å². The Hall–Kier alpha value is -0.870. The highest BCUT2D eigenvalue weighted by atomic mass is 16.5. The fourth-order valence-electron chi connectivity index (χ4n) is 2.70. The lowest BCUT2D eigenvalue weighted by Crippen LogP contribution is -2.19. The summed E-state index contributed by atoms with van der Waals surface area (Å²) in [5.74, 6) is 1.85. The topological polar surface area (TPSA) is 49.9 Å². The van der Waals surface area contributed by atoms with Crippen molar-refractivity contribution in [2.75, 3.05) is 26.3 Å². The third kappa shape index (κ3) is 9.96. The summed E-state index contributed by atoms with van der Waals surface area (Å²) in [6, 6.07) is 0. The van der Waals surface area contributed by atoms with E-state index in [1.165, 1.54) is 32.1 Å². The van der Waals surface area contributed by atoms with Gasteiger partial charge < -0.3 is 15.0 Å². The van der Waals surface area contributed by atoms with Crippen LogP contribution in [0.2, 0.25) is 0 Å². The SMILES string of the molecule is CCCCC(CCC)COCCCNCCCc1ncc[nH]1. The van der Waals surface area contributed by atoms with Crippen molar-refractivity contribution in [2.45, 2.75) is 65.2 Å². The van der Waals surface area contributed by atoms with Gasteiger partial charge in [0.1, 0.15) is 5.82 Å². The highest BCUT2D eigenvalue weighted by Gasteiger charge is 2.07. The Labute approximate surface area is 136 Å². The zero-order chi connectivity index (χ0) is 15.9. The minimum atomic E-state index is 0.770. The van der Waals surface area contributed by atoms with Crippen LogP contribution in [0.25, 0.3) is 0 Å². The number of aryl methyl sites for hydroxylation is 1. The average molecular weight is 309 g/mol. The standard InChI is InChI=1S/C18H35N3O/c1-3-5-9-17(8-4-2)16-22-15-7-12-19-11-6-10-18-20-13-14-21-18/h13-14,17,19H,3-12,15-16H2,1-2H3,(H,20,21). The second kappa shape index (κ2) is 13.8. The number of unbranched alkanes of at least 4 members (excludes halogenated alkanes) is 1. The van der Waals surface area contributed by atoms with E-state index in [1.807, 2.05) is 12.4 Å². The lowest BCUT2D eigenvalue weighted by Gasteiger charge is -2.16. The normalized spacial score (nSPS) is 12.6. The second-order valence-corrected chi connectivity index (χ2v) is 6.11. The van der Waals surface area contributed by atoms with Gasteiger partial charge in [0.15, 0.2) is 0 Å². The molecule has 1 unspecified atom stereocenters.